The fourth-order valence-electron chi connectivity index (χ4n) is 2.75. The molecule has 1 aliphatic rings. The van der Waals surface area contributed by atoms with Crippen LogP contribution in [0.15, 0.2) is 0 Å². The Balaban J connectivity index is 2.74. The van der Waals surface area contributed by atoms with Gasteiger partial charge in [0.15, 0.2) is 0 Å². The summed E-state index contributed by atoms with van der Waals surface area (Å²) in [5.41, 5.74) is 0. The van der Waals surface area contributed by atoms with E-state index < -0.39 is 0 Å². The second-order valence-corrected chi connectivity index (χ2v) is 5.74. The molecule has 0 spiro atoms. The van der Waals surface area contributed by atoms with Gasteiger partial charge in [-0.1, -0.05) is 20.8 Å². The summed E-state index contributed by atoms with van der Waals surface area (Å²) in [6.07, 6.45) is 0. The number of likely N-dealkylation sites (tertiary alicyclic amines) is 1. The minimum atomic E-state index is 0.0357. The molecule has 1 rings (SSSR count). The third-order valence-electron chi connectivity index (χ3n) is 3.98. The highest BCUT2D eigenvalue weighted by Crippen LogP contribution is 2.31. The van der Waals surface area contributed by atoms with E-state index in [-0.39, 0.29) is 18.0 Å². The van der Waals surface area contributed by atoms with Crippen molar-refractivity contribution < 1.29 is 4.79 Å². The average Bonchev–Trinajstić information content (AvgIpc) is 2.13. The number of piperidine rings is 1. The lowest BCUT2D eigenvalue weighted by Gasteiger charge is -2.44. The summed E-state index contributed by atoms with van der Waals surface area (Å²) < 4.78 is 0. The highest BCUT2D eigenvalue weighted by molar-refractivity contribution is 5.82. The van der Waals surface area contributed by atoms with E-state index in [0.29, 0.717) is 17.8 Å². The van der Waals surface area contributed by atoms with Gasteiger partial charge in [-0.05, 0) is 38.6 Å². The van der Waals surface area contributed by atoms with Gasteiger partial charge in [0.25, 0.3) is 0 Å². The maximum atomic E-state index is 12.1. The molecule has 0 aromatic rings. The van der Waals surface area contributed by atoms with Gasteiger partial charge >= 0.3 is 0 Å². The lowest BCUT2D eigenvalue weighted by molar-refractivity contribution is -0.131. The molecule has 0 saturated carbocycles. The first-order chi connectivity index (χ1) is 7.34. The van der Waals surface area contributed by atoms with Gasteiger partial charge in [-0.3, -0.25) is 9.69 Å². The van der Waals surface area contributed by atoms with Crippen molar-refractivity contribution in [2.45, 2.75) is 46.7 Å². The maximum Gasteiger partial charge on any atom is 0.237 e. The van der Waals surface area contributed by atoms with Gasteiger partial charge in [-0.15, -0.1) is 0 Å². The molecular weight excluding hydrogens is 200 g/mol. The summed E-state index contributed by atoms with van der Waals surface area (Å²) in [6.45, 7) is 11.8. The van der Waals surface area contributed by atoms with E-state index in [0.717, 1.165) is 6.54 Å². The van der Waals surface area contributed by atoms with Gasteiger partial charge in [0, 0.05) is 12.6 Å². The summed E-state index contributed by atoms with van der Waals surface area (Å²) in [5, 5.41) is 3.03. The van der Waals surface area contributed by atoms with E-state index in [2.05, 4.69) is 38.0 Å². The van der Waals surface area contributed by atoms with Crippen LogP contribution in [0.4, 0.5) is 0 Å². The zero-order valence-electron chi connectivity index (χ0n) is 11.4. The predicted molar refractivity (Wildman–Crippen MR) is 67.2 cm³/mol. The lowest BCUT2D eigenvalue weighted by atomic mass is 9.76. The topological polar surface area (TPSA) is 32.3 Å². The van der Waals surface area contributed by atoms with E-state index in [1.165, 1.54) is 0 Å². The number of hydrogen-bond acceptors (Lipinski definition) is 2. The lowest BCUT2D eigenvalue weighted by Crippen LogP contribution is -2.57. The van der Waals surface area contributed by atoms with Crippen LogP contribution in [0.2, 0.25) is 0 Å². The Kier molecular flexibility index (Phi) is 4.36. The minimum Gasteiger partial charge on any atom is -0.353 e. The summed E-state index contributed by atoms with van der Waals surface area (Å²) in [7, 11) is 2.06. The van der Waals surface area contributed by atoms with E-state index in [1.807, 2.05) is 13.8 Å². The van der Waals surface area contributed by atoms with Crippen molar-refractivity contribution in [3.05, 3.63) is 0 Å². The molecule has 0 aromatic carbocycles. The highest BCUT2D eigenvalue weighted by atomic mass is 16.2. The standard InChI is InChI=1S/C13H26N2O/c1-8(2)14-13(16)12-11(5)10(4)9(3)7-15(12)6/h8-12H,7H2,1-6H3,(H,14,16)/t9-,10-,11+,12+/m1/s1. The smallest absolute Gasteiger partial charge is 0.237 e. The molecule has 16 heavy (non-hydrogen) atoms. The van der Waals surface area contributed by atoms with Crippen molar-refractivity contribution >= 4 is 5.91 Å². The highest BCUT2D eigenvalue weighted by Gasteiger charge is 2.39. The molecular formula is C13H26N2O. The average molecular weight is 226 g/mol. The summed E-state index contributed by atoms with van der Waals surface area (Å²) >= 11 is 0. The van der Waals surface area contributed by atoms with Gasteiger partial charge in [0.2, 0.25) is 5.91 Å². The van der Waals surface area contributed by atoms with Crippen LogP contribution in [0, 0.1) is 17.8 Å². The third-order valence-corrected chi connectivity index (χ3v) is 3.98. The molecule has 0 unspecified atom stereocenters. The van der Waals surface area contributed by atoms with E-state index in [4.69, 9.17) is 0 Å². The minimum absolute atomic E-state index is 0.0357. The molecule has 1 fully saturated rings. The molecule has 0 aromatic heterocycles. The molecule has 1 heterocycles. The second kappa shape index (κ2) is 5.17. The van der Waals surface area contributed by atoms with Crippen molar-refractivity contribution in [2.75, 3.05) is 13.6 Å². The van der Waals surface area contributed by atoms with Crippen molar-refractivity contribution in [2.24, 2.45) is 17.8 Å². The van der Waals surface area contributed by atoms with Crippen molar-refractivity contribution in [1.29, 1.82) is 0 Å². The molecule has 0 bridgehead atoms. The number of carbonyl (C=O) groups is 1. The molecule has 0 radical (unpaired) electrons. The van der Waals surface area contributed by atoms with Crippen LogP contribution in [0.25, 0.3) is 0 Å². The van der Waals surface area contributed by atoms with Crippen LogP contribution < -0.4 is 5.32 Å². The van der Waals surface area contributed by atoms with Crippen molar-refractivity contribution in [3.8, 4) is 0 Å². The van der Waals surface area contributed by atoms with Crippen molar-refractivity contribution in [3.63, 3.8) is 0 Å². The number of rotatable bonds is 2. The van der Waals surface area contributed by atoms with Gasteiger partial charge in [0.05, 0.1) is 6.04 Å². The predicted octanol–water partition coefficient (Wildman–Crippen LogP) is 1.73. The molecule has 1 N–H and O–H groups in total. The number of nitrogens with zero attached hydrogens (tertiary/aromatic N) is 1. The zero-order chi connectivity index (χ0) is 12.5. The Morgan fingerprint density at radius 2 is 1.81 bits per heavy atom. The maximum absolute atomic E-state index is 12.1. The van der Waals surface area contributed by atoms with Crippen LogP contribution in [0.1, 0.15) is 34.6 Å². The van der Waals surface area contributed by atoms with E-state index in [9.17, 15) is 4.79 Å². The molecule has 4 atom stereocenters. The normalized spacial score (nSPS) is 36.4. The third kappa shape index (κ3) is 2.76. The van der Waals surface area contributed by atoms with Gasteiger partial charge in [-0.25, -0.2) is 0 Å². The van der Waals surface area contributed by atoms with Crippen LogP contribution in [-0.4, -0.2) is 36.5 Å². The Bertz CT molecular complexity index is 252. The SMILES string of the molecule is CC(C)NC(=O)[C@@H]1[C@@H](C)[C@H](C)[C@H](C)CN1C. The van der Waals surface area contributed by atoms with Gasteiger partial charge in [-0.2, -0.15) is 0 Å². The van der Waals surface area contributed by atoms with Gasteiger partial charge < -0.3 is 5.32 Å². The summed E-state index contributed by atoms with van der Waals surface area (Å²) in [4.78, 5) is 14.3. The van der Waals surface area contributed by atoms with Crippen LogP contribution in [-0.2, 0) is 4.79 Å². The first kappa shape index (κ1) is 13.5. The zero-order valence-corrected chi connectivity index (χ0v) is 11.4. The molecule has 3 heteroatoms. The number of amides is 1. The first-order valence-electron chi connectivity index (χ1n) is 6.35. The van der Waals surface area contributed by atoms with Crippen molar-refractivity contribution in [1.82, 2.24) is 10.2 Å². The molecule has 1 aliphatic heterocycles. The monoisotopic (exact) mass is 226 g/mol. The van der Waals surface area contributed by atoms with Crippen LogP contribution >= 0.6 is 0 Å². The molecule has 1 saturated heterocycles. The molecule has 3 nitrogen and oxygen atoms in total. The second-order valence-electron chi connectivity index (χ2n) is 5.74. The number of hydrogen-bond donors (Lipinski definition) is 1. The fourth-order valence-corrected chi connectivity index (χ4v) is 2.75. The Hall–Kier alpha value is -0.570. The Morgan fingerprint density at radius 3 is 2.31 bits per heavy atom. The summed E-state index contributed by atoms with van der Waals surface area (Å²) in [6, 6.07) is 0.261. The van der Waals surface area contributed by atoms with Crippen LogP contribution in [0.5, 0.6) is 0 Å². The van der Waals surface area contributed by atoms with Crippen LogP contribution in [0.3, 0.4) is 0 Å². The number of nitrogens with one attached hydrogen (secondary N) is 1. The number of likely N-dealkylation sites (N-methyl/N-ethyl adjacent to an activating group) is 1. The molecule has 1 amide bonds. The van der Waals surface area contributed by atoms with E-state index >= 15 is 0 Å². The molecule has 0 aliphatic carbocycles. The van der Waals surface area contributed by atoms with E-state index in [1.54, 1.807) is 0 Å². The summed E-state index contributed by atoms with van der Waals surface area (Å²) in [5.74, 6) is 1.89. The first-order valence-corrected chi connectivity index (χ1v) is 6.35. The molecule has 94 valence electrons. The number of carbonyl (C=O) groups excluding carboxylic acids is 1. The quantitative estimate of drug-likeness (QED) is 0.778. The Morgan fingerprint density at radius 1 is 1.25 bits per heavy atom. The fraction of sp³-hybridized carbons (Fsp3) is 0.923. The van der Waals surface area contributed by atoms with Gasteiger partial charge in [0.1, 0.15) is 0 Å². The Labute approximate surface area is 99.6 Å². The largest absolute Gasteiger partial charge is 0.353 e.